The van der Waals surface area contributed by atoms with Gasteiger partial charge in [-0.25, -0.2) is 4.98 Å². The molecule has 1 saturated heterocycles. The van der Waals surface area contributed by atoms with E-state index < -0.39 is 0 Å². The van der Waals surface area contributed by atoms with Crippen molar-refractivity contribution < 1.29 is 4.79 Å². The third-order valence-corrected chi connectivity index (χ3v) is 4.78. The highest BCUT2D eigenvalue weighted by molar-refractivity contribution is 8.00. The molecule has 1 aliphatic heterocycles. The highest BCUT2D eigenvalue weighted by atomic mass is 35.5. The lowest BCUT2D eigenvalue weighted by atomic mass is 10.2. The first-order valence-corrected chi connectivity index (χ1v) is 7.65. The molecule has 0 radical (unpaired) electrons. The Balaban J connectivity index is 2.17. The summed E-state index contributed by atoms with van der Waals surface area (Å²) in [7, 11) is 0. The van der Waals surface area contributed by atoms with Gasteiger partial charge in [0.25, 0.3) is 5.91 Å². The van der Waals surface area contributed by atoms with Gasteiger partial charge < -0.3 is 4.90 Å². The van der Waals surface area contributed by atoms with Crippen molar-refractivity contribution in [3.8, 4) is 0 Å². The van der Waals surface area contributed by atoms with Gasteiger partial charge in [0.05, 0.1) is 5.02 Å². The molecule has 1 aliphatic rings. The second kappa shape index (κ2) is 6.13. The van der Waals surface area contributed by atoms with Gasteiger partial charge in [0, 0.05) is 24.1 Å². The molecule has 0 bridgehead atoms. The van der Waals surface area contributed by atoms with Crippen molar-refractivity contribution in [2.75, 3.05) is 18.8 Å². The van der Waals surface area contributed by atoms with Gasteiger partial charge in [0.1, 0.15) is 10.8 Å². The van der Waals surface area contributed by atoms with Crippen molar-refractivity contribution in [1.82, 2.24) is 9.88 Å². The molecule has 1 amide bonds. The normalized spacial score (nSPS) is 19.9. The van der Waals surface area contributed by atoms with E-state index in [1.165, 1.54) is 0 Å². The molecule has 18 heavy (non-hydrogen) atoms. The minimum absolute atomic E-state index is 0.124. The van der Waals surface area contributed by atoms with Crippen molar-refractivity contribution in [3.63, 3.8) is 0 Å². The van der Waals surface area contributed by atoms with Crippen LogP contribution in [-0.2, 0) is 0 Å². The number of thioether (sulfide) groups is 1. The van der Waals surface area contributed by atoms with Crippen LogP contribution in [-0.4, -0.2) is 39.9 Å². The average Bonchev–Trinajstić information content (AvgIpc) is 2.41. The van der Waals surface area contributed by atoms with Gasteiger partial charge >= 0.3 is 0 Å². The summed E-state index contributed by atoms with van der Waals surface area (Å²) >= 11 is 13.7. The fraction of sp³-hybridized carbons (Fsp3) is 0.500. The Morgan fingerprint density at radius 3 is 3.06 bits per heavy atom. The van der Waals surface area contributed by atoms with Gasteiger partial charge in [0.15, 0.2) is 0 Å². The van der Waals surface area contributed by atoms with E-state index in [-0.39, 0.29) is 11.6 Å². The third kappa shape index (κ3) is 3.11. The van der Waals surface area contributed by atoms with Gasteiger partial charge in [-0.3, -0.25) is 4.79 Å². The van der Waals surface area contributed by atoms with Crippen molar-refractivity contribution >= 4 is 40.9 Å². The monoisotopic (exact) mass is 304 g/mol. The fourth-order valence-corrected chi connectivity index (χ4v) is 3.38. The molecular formula is C12H14Cl2N2OS. The summed E-state index contributed by atoms with van der Waals surface area (Å²) in [5.41, 5.74) is 0.255. The highest BCUT2D eigenvalue weighted by Gasteiger charge is 2.26. The molecule has 6 heteroatoms. The first-order valence-electron chi connectivity index (χ1n) is 5.84. The molecule has 1 aromatic rings. The van der Waals surface area contributed by atoms with Crippen LogP contribution in [0.1, 0.15) is 23.8 Å². The zero-order valence-electron chi connectivity index (χ0n) is 10.0. The Kier molecular flexibility index (Phi) is 4.76. The van der Waals surface area contributed by atoms with Crippen molar-refractivity contribution in [2.24, 2.45) is 0 Å². The van der Waals surface area contributed by atoms with Crippen molar-refractivity contribution in [3.05, 3.63) is 28.0 Å². The first kappa shape index (κ1) is 14.0. The Bertz CT molecular complexity index is 456. The number of carbonyl (C=O) groups is 1. The lowest BCUT2D eigenvalue weighted by Crippen LogP contribution is -2.42. The number of pyridine rings is 1. The van der Waals surface area contributed by atoms with Crippen LogP contribution in [0.15, 0.2) is 12.1 Å². The fourth-order valence-electron chi connectivity index (χ4n) is 1.87. The number of hydrogen-bond acceptors (Lipinski definition) is 3. The maximum atomic E-state index is 12.3. The zero-order chi connectivity index (χ0) is 13.1. The lowest BCUT2D eigenvalue weighted by molar-refractivity contribution is 0.0755. The Morgan fingerprint density at radius 2 is 2.33 bits per heavy atom. The number of carbonyl (C=O) groups excluding carboxylic acids is 1. The molecule has 0 aliphatic carbocycles. The van der Waals surface area contributed by atoms with Crippen LogP contribution < -0.4 is 0 Å². The second-order valence-electron chi connectivity index (χ2n) is 4.12. The van der Waals surface area contributed by atoms with E-state index in [4.69, 9.17) is 23.2 Å². The van der Waals surface area contributed by atoms with E-state index in [1.807, 2.05) is 16.7 Å². The maximum Gasteiger partial charge on any atom is 0.274 e. The van der Waals surface area contributed by atoms with E-state index >= 15 is 0 Å². The number of nitrogens with zero attached hydrogens (tertiary/aromatic N) is 2. The molecule has 1 unspecified atom stereocenters. The molecule has 0 aromatic carbocycles. The molecule has 2 rings (SSSR count). The SMILES string of the molecule is CCC1CN(C(=O)c2nc(Cl)ccc2Cl)CCS1. The summed E-state index contributed by atoms with van der Waals surface area (Å²) < 4.78 is 0. The minimum Gasteiger partial charge on any atom is -0.335 e. The Labute approximate surface area is 121 Å². The Morgan fingerprint density at radius 1 is 1.56 bits per heavy atom. The largest absolute Gasteiger partial charge is 0.335 e. The Hall–Kier alpha value is -0.450. The van der Waals surface area contributed by atoms with Crippen LogP contribution in [0.2, 0.25) is 10.2 Å². The molecule has 2 heterocycles. The molecule has 0 saturated carbocycles. The lowest BCUT2D eigenvalue weighted by Gasteiger charge is -2.31. The highest BCUT2D eigenvalue weighted by Crippen LogP contribution is 2.24. The molecular weight excluding hydrogens is 291 g/mol. The van der Waals surface area contributed by atoms with Crippen LogP contribution in [0.4, 0.5) is 0 Å². The predicted octanol–water partition coefficient (Wildman–Crippen LogP) is 3.36. The van der Waals surface area contributed by atoms with E-state index in [0.717, 1.165) is 25.3 Å². The van der Waals surface area contributed by atoms with Gasteiger partial charge in [-0.15, -0.1) is 0 Å². The summed E-state index contributed by atoms with van der Waals surface area (Å²) in [6.45, 7) is 3.63. The molecule has 0 spiro atoms. The summed E-state index contributed by atoms with van der Waals surface area (Å²) in [5.74, 6) is 0.837. The number of aromatic nitrogens is 1. The third-order valence-electron chi connectivity index (χ3n) is 2.90. The predicted molar refractivity (Wildman–Crippen MR) is 76.7 cm³/mol. The number of halogens is 2. The van der Waals surface area contributed by atoms with E-state index in [2.05, 4.69) is 11.9 Å². The first-order chi connectivity index (χ1) is 8.61. The topological polar surface area (TPSA) is 33.2 Å². The molecule has 1 atom stereocenters. The smallest absolute Gasteiger partial charge is 0.274 e. The van der Waals surface area contributed by atoms with Crippen molar-refractivity contribution in [1.29, 1.82) is 0 Å². The molecule has 0 N–H and O–H groups in total. The van der Waals surface area contributed by atoms with Crippen LogP contribution in [0, 0.1) is 0 Å². The van der Waals surface area contributed by atoms with E-state index in [0.29, 0.717) is 15.4 Å². The summed E-state index contributed by atoms with van der Waals surface area (Å²) in [6.07, 6.45) is 1.06. The molecule has 1 fully saturated rings. The molecule has 98 valence electrons. The average molecular weight is 305 g/mol. The number of hydrogen-bond donors (Lipinski definition) is 0. The second-order valence-corrected chi connectivity index (χ2v) is 6.32. The standard InChI is InChI=1S/C12H14Cl2N2OS/c1-2-8-7-16(5-6-18-8)12(17)11-9(13)3-4-10(14)15-11/h3-4,8H,2,5-7H2,1H3. The molecule has 3 nitrogen and oxygen atoms in total. The maximum absolute atomic E-state index is 12.3. The van der Waals surface area contributed by atoms with Crippen LogP contribution in [0.5, 0.6) is 0 Å². The van der Waals surface area contributed by atoms with Crippen LogP contribution >= 0.6 is 35.0 Å². The molecule has 1 aromatic heterocycles. The van der Waals surface area contributed by atoms with Gasteiger partial charge in [0.2, 0.25) is 0 Å². The van der Waals surface area contributed by atoms with E-state index in [9.17, 15) is 4.79 Å². The number of rotatable bonds is 2. The quantitative estimate of drug-likeness (QED) is 0.786. The minimum atomic E-state index is -0.124. The van der Waals surface area contributed by atoms with E-state index in [1.54, 1.807) is 12.1 Å². The van der Waals surface area contributed by atoms with Crippen molar-refractivity contribution in [2.45, 2.75) is 18.6 Å². The van der Waals surface area contributed by atoms with Crippen LogP contribution in [0.3, 0.4) is 0 Å². The van der Waals surface area contributed by atoms with Crippen LogP contribution in [0.25, 0.3) is 0 Å². The van der Waals surface area contributed by atoms with Gasteiger partial charge in [-0.1, -0.05) is 30.1 Å². The zero-order valence-corrected chi connectivity index (χ0v) is 12.4. The summed E-state index contributed by atoms with van der Waals surface area (Å²) in [6, 6.07) is 3.20. The summed E-state index contributed by atoms with van der Waals surface area (Å²) in [4.78, 5) is 18.2. The van der Waals surface area contributed by atoms with Gasteiger partial charge in [-0.05, 0) is 18.6 Å². The summed E-state index contributed by atoms with van der Waals surface area (Å²) in [5, 5.41) is 1.15. The number of amides is 1. The van der Waals surface area contributed by atoms with Gasteiger partial charge in [-0.2, -0.15) is 11.8 Å².